The van der Waals surface area contributed by atoms with Crippen LogP contribution in [0.25, 0.3) is 0 Å². The first kappa shape index (κ1) is 22.9. The van der Waals surface area contributed by atoms with Gasteiger partial charge in [0.05, 0.1) is 25.0 Å². The Kier molecular flexibility index (Phi) is 7.80. The highest BCUT2D eigenvalue weighted by Crippen LogP contribution is 2.22. The molecule has 2 rings (SSSR count). The molecule has 0 aliphatic carbocycles. The van der Waals surface area contributed by atoms with Crippen LogP contribution in [-0.4, -0.2) is 33.0 Å². The second kappa shape index (κ2) is 9.89. The Hall–Kier alpha value is -2.39. The van der Waals surface area contributed by atoms with Gasteiger partial charge in [-0.1, -0.05) is 45.0 Å². The zero-order valence-corrected chi connectivity index (χ0v) is 18.6. The number of aliphatic imine (C=N–C) groups is 1. The zero-order valence-electron chi connectivity index (χ0n) is 17.7. The van der Waals surface area contributed by atoms with Gasteiger partial charge in [-0.15, -0.1) is 0 Å². The lowest BCUT2D eigenvalue weighted by Crippen LogP contribution is -2.36. The van der Waals surface area contributed by atoms with E-state index in [0.717, 1.165) is 23.4 Å². The van der Waals surface area contributed by atoms with Gasteiger partial charge in [-0.05, 0) is 25.1 Å². The summed E-state index contributed by atoms with van der Waals surface area (Å²) in [5.74, 6) is 2.07. The first-order valence-electron chi connectivity index (χ1n) is 9.59. The first-order valence-corrected chi connectivity index (χ1v) is 11.2. The van der Waals surface area contributed by atoms with E-state index in [1.54, 1.807) is 18.3 Å². The molecule has 1 heterocycles. The van der Waals surface area contributed by atoms with E-state index in [1.165, 1.54) is 7.05 Å². The van der Waals surface area contributed by atoms with Gasteiger partial charge in [-0.25, -0.2) is 23.1 Å². The number of rotatable bonds is 8. The summed E-state index contributed by atoms with van der Waals surface area (Å²) in [7, 11) is -1.86. The van der Waals surface area contributed by atoms with E-state index in [2.05, 4.69) is 46.1 Å². The van der Waals surface area contributed by atoms with Crippen LogP contribution in [0, 0.1) is 0 Å². The van der Waals surface area contributed by atoms with Crippen molar-refractivity contribution in [1.82, 2.24) is 20.3 Å². The summed E-state index contributed by atoms with van der Waals surface area (Å²) >= 11 is 0. The maximum Gasteiger partial charge on any atom is 0.215 e. The van der Waals surface area contributed by atoms with Gasteiger partial charge in [0.15, 0.2) is 5.96 Å². The van der Waals surface area contributed by atoms with Gasteiger partial charge in [0.1, 0.15) is 5.76 Å². The Labute approximate surface area is 173 Å². The lowest BCUT2D eigenvalue weighted by Gasteiger charge is -2.13. The molecule has 0 amide bonds. The molecular formula is C20H31N5O3S. The number of hydrogen-bond donors (Lipinski definition) is 3. The fraction of sp³-hybridized carbons (Fsp3) is 0.500. The summed E-state index contributed by atoms with van der Waals surface area (Å²) in [6.45, 7) is 9.86. The van der Waals surface area contributed by atoms with Crippen molar-refractivity contribution in [1.29, 1.82) is 0 Å². The maximum absolute atomic E-state index is 11.6. The third-order valence-corrected chi connectivity index (χ3v) is 5.49. The lowest BCUT2D eigenvalue weighted by atomic mass is 9.94. The van der Waals surface area contributed by atoms with Crippen molar-refractivity contribution in [2.45, 2.75) is 52.0 Å². The molecule has 160 valence electrons. The van der Waals surface area contributed by atoms with E-state index in [1.807, 2.05) is 19.1 Å². The molecule has 29 heavy (non-hydrogen) atoms. The van der Waals surface area contributed by atoms with Crippen LogP contribution in [0.1, 0.15) is 50.5 Å². The Morgan fingerprint density at radius 3 is 2.34 bits per heavy atom. The maximum atomic E-state index is 11.6. The van der Waals surface area contributed by atoms with Crippen LogP contribution in [0.5, 0.6) is 0 Å². The molecule has 0 saturated heterocycles. The van der Waals surface area contributed by atoms with Crippen LogP contribution in [-0.2, 0) is 34.3 Å². The Morgan fingerprint density at radius 1 is 1.14 bits per heavy atom. The molecule has 0 bridgehead atoms. The number of oxazole rings is 1. The largest absolute Gasteiger partial charge is 0.443 e. The Balaban J connectivity index is 1.97. The third kappa shape index (κ3) is 7.51. The molecule has 3 N–H and O–H groups in total. The Morgan fingerprint density at radius 2 is 1.79 bits per heavy atom. The molecule has 0 aliphatic rings. The second-order valence-electron chi connectivity index (χ2n) is 7.70. The number of aromatic nitrogens is 1. The van der Waals surface area contributed by atoms with Crippen molar-refractivity contribution in [3.05, 3.63) is 53.2 Å². The fourth-order valence-corrected chi connectivity index (χ4v) is 3.22. The molecule has 1 aromatic carbocycles. The predicted molar refractivity (Wildman–Crippen MR) is 115 cm³/mol. The van der Waals surface area contributed by atoms with Gasteiger partial charge in [0.2, 0.25) is 15.9 Å². The van der Waals surface area contributed by atoms with Gasteiger partial charge >= 0.3 is 0 Å². The number of hydrogen-bond acceptors (Lipinski definition) is 5. The molecule has 0 unspecified atom stereocenters. The highest BCUT2D eigenvalue weighted by Gasteiger charge is 2.19. The molecule has 0 radical (unpaired) electrons. The van der Waals surface area contributed by atoms with Crippen LogP contribution in [0.4, 0.5) is 0 Å². The summed E-state index contributed by atoms with van der Waals surface area (Å²) in [5.41, 5.74) is 1.64. The zero-order chi connectivity index (χ0) is 21.5. The molecule has 2 aromatic rings. The quantitative estimate of drug-likeness (QED) is 0.446. The van der Waals surface area contributed by atoms with Crippen LogP contribution in [0.3, 0.4) is 0 Å². The van der Waals surface area contributed by atoms with E-state index in [4.69, 9.17) is 4.42 Å². The number of sulfonamides is 1. The normalized spacial score (nSPS) is 12.8. The summed E-state index contributed by atoms with van der Waals surface area (Å²) in [4.78, 5) is 8.88. The highest BCUT2D eigenvalue weighted by molar-refractivity contribution is 7.88. The monoisotopic (exact) mass is 421 g/mol. The average Bonchev–Trinajstić information content (AvgIpc) is 3.14. The number of nitrogens with one attached hydrogen (secondary N) is 3. The second-order valence-corrected chi connectivity index (χ2v) is 9.62. The molecule has 0 spiro atoms. The Bertz CT molecular complexity index is 912. The third-order valence-electron chi connectivity index (χ3n) is 4.15. The summed E-state index contributed by atoms with van der Waals surface area (Å²) in [6.07, 6.45) is 1.76. The average molecular weight is 422 g/mol. The summed E-state index contributed by atoms with van der Waals surface area (Å²) in [5, 5.41) is 6.41. The van der Waals surface area contributed by atoms with Crippen molar-refractivity contribution < 1.29 is 12.8 Å². The minimum atomic E-state index is -3.27. The number of nitrogens with zero attached hydrogens (tertiary/aromatic N) is 2. The first-order chi connectivity index (χ1) is 13.6. The predicted octanol–water partition coefficient (Wildman–Crippen LogP) is 2.28. The minimum Gasteiger partial charge on any atom is -0.443 e. The fourth-order valence-electron chi connectivity index (χ4n) is 2.44. The van der Waals surface area contributed by atoms with Gasteiger partial charge < -0.3 is 15.1 Å². The minimum absolute atomic E-state index is 0.0378. The van der Waals surface area contributed by atoms with E-state index in [-0.39, 0.29) is 11.2 Å². The van der Waals surface area contributed by atoms with E-state index in [0.29, 0.717) is 24.9 Å². The molecule has 1 aromatic heterocycles. The van der Waals surface area contributed by atoms with Gasteiger partial charge in [0.25, 0.3) is 0 Å². The van der Waals surface area contributed by atoms with E-state index >= 15 is 0 Å². The van der Waals surface area contributed by atoms with Gasteiger partial charge in [-0.2, -0.15) is 0 Å². The number of benzene rings is 1. The SMILES string of the molecule is CCNC(=NCc1ccc(CS(=O)(=O)NC)cc1)NCc1ncc(C(C)(C)C)o1. The molecular weight excluding hydrogens is 390 g/mol. The highest BCUT2D eigenvalue weighted by atomic mass is 32.2. The summed E-state index contributed by atoms with van der Waals surface area (Å²) in [6, 6.07) is 7.39. The van der Waals surface area contributed by atoms with Crippen LogP contribution in [0.15, 0.2) is 39.9 Å². The van der Waals surface area contributed by atoms with Crippen LogP contribution < -0.4 is 15.4 Å². The van der Waals surface area contributed by atoms with Crippen molar-refractivity contribution >= 4 is 16.0 Å². The number of guanidine groups is 1. The smallest absolute Gasteiger partial charge is 0.215 e. The molecule has 0 atom stereocenters. The standard InChI is InChI=1S/C20H31N5O3S/c1-6-22-19(25-13-18-23-12-17(28-18)20(2,3)4)24-11-15-7-9-16(10-8-15)14-29(26,27)21-5/h7-10,12,21H,6,11,13-14H2,1-5H3,(H2,22,24,25). The van der Waals surface area contributed by atoms with Crippen molar-refractivity contribution in [2.75, 3.05) is 13.6 Å². The van der Waals surface area contributed by atoms with Crippen molar-refractivity contribution in [3.63, 3.8) is 0 Å². The molecule has 0 fully saturated rings. The van der Waals surface area contributed by atoms with Gasteiger partial charge in [-0.3, -0.25) is 0 Å². The molecule has 9 heteroatoms. The lowest BCUT2D eigenvalue weighted by molar-refractivity contribution is 0.379. The van der Waals surface area contributed by atoms with E-state index in [9.17, 15) is 8.42 Å². The van der Waals surface area contributed by atoms with Crippen LogP contribution in [0.2, 0.25) is 0 Å². The molecule has 0 saturated carbocycles. The summed E-state index contributed by atoms with van der Waals surface area (Å²) < 4.78 is 31.4. The van der Waals surface area contributed by atoms with Crippen molar-refractivity contribution in [2.24, 2.45) is 4.99 Å². The molecule has 0 aliphatic heterocycles. The van der Waals surface area contributed by atoms with Gasteiger partial charge in [0, 0.05) is 12.0 Å². The van der Waals surface area contributed by atoms with Crippen molar-refractivity contribution in [3.8, 4) is 0 Å². The topological polar surface area (TPSA) is 109 Å². The van der Waals surface area contributed by atoms with E-state index < -0.39 is 10.0 Å². The molecule has 8 nitrogen and oxygen atoms in total. The van der Waals surface area contributed by atoms with Crippen LogP contribution >= 0.6 is 0 Å².